The van der Waals surface area contributed by atoms with Gasteiger partial charge in [-0.15, -0.1) is 0 Å². The minimum atomic E-state index is -0.757. The van der Waals surface area contributed by atoms with Gasteiger partial charge in [0.1, 0.15) is 29.1 Å². The van der Waals surface area contributed by atoms with Crippen molar-refractivity contribution in [2.24, 2.45) is 0 Å². The molecule has 0 radical (unpaired) electrons. The third kappa shape index (κ3) is 5.49. The molecular formula is C24H26F4N2O2. The van der Waals surface area contributed by atoms with Gasteiger partial charge in [-0.25, -0.2) is 13.2 Å². The van der Waals surface area contributed by atoms with E-state index in [1.165, 1.54) is 12.1 Å². The van der Waals surface area contributed by atoms with E-state index in [4.69, 9.17) is 8.83 Å². The lowest BCUT2D eigenvalue weighted by molar-refractivity contribution is 0.381. The van der Waals surface area contributed by atoms with Gasteiger partial charge < -0.3 is 19.5 Å². The molecule has 0 saturated carbocycles. The molecule has 0 aliphatic carbocycles. The molecule has 0 amide bonds. The Kier molecular flexibility index (Phi) is 7.58. The predicted molar refractivity (Wildman–Crippen MR) is 117 cm³/mol. The average molecular weight is 450 g/mol. The van der Waals surface area contributed by atoms with Crippen molar-refractivity contribution in [2.45, 2.75) is 38.8 Å². The number of nitrogens with one attached hydrogen (secondary N) is 2. The maximum Gasteiger partial charge on any atom is 0.278 e. The monoisotopic (exact) mass is 450 g/mol. The fourth-order valence-electron chi connectivity index (χ4n) is 3.34. The Morgan fingerprint density at radius 1 is 0.750 bits per heavy atom. The number of likely N-dealkylation sites (N-methyl/N-ethyl adjacent to an activating group) is 2. The maximum absolute atomic E-state index is 13.6. The third-order valence-corrected chi connectivity index (χ3v) is 5.37. The van der Waals surface area contributed by atoms with Crippen LogP contribution in [0, 0.1) is 23.5 Å². The first-order valence-electron chi connectivity index (χ1n) is 10.3. The first-order valence-corrected chi connectivity index (χ1v) is 10.3. The van der Waals surface area contributed by atoms with E-state index in [1.807, 2.05) is 27.9 Å². The largest absolute Gasteiger partial charge is 0.461 e. The Morgan fingerprint density at radius 2 is 1.41 bits per heavy atom. The summed E-state index contributed by atoms with van der Waals surface area (Å²) >= 11 is 0. The van der Waals surface area contributed by atoms with Crippen LogP contribution in [-0.2, 0) is 12.8 Å². The number of furan rings is 2. The van der Waals surface area contributed by atoms with Crippen molar-refractivity contribution in [1.29, 1.82) is 0 Å². The SMILES string of the molecule is CNC(C)Cc1cc(F)c2cc(F)oc2c1.CNC(C)Cc1cc2occ(F)c2cc1F. The van der Waals surface area contributed by atoms with Crippen LogP contribution < -0.4 is 10.6 Å². The second kappa shape index (κ2) is 10.2. The molecule has 172 valence electrons. The Bertz CT molecular complexity index is 1200. The van der Waals surface area contributed by atoms with E-state index in [9.17, 15) is 17.6 Å². The van der Waals surface area contributed by atoms with E-state index in [0.717, 1.165) is 17.9 Å². The first kappa shape index (κ1) is 23.8. The highest BCUT2D eigenvalue weighted by atomic mass is 19.1. The number of rotatable bonds is 6. The van der Waals surface area contributed by atoms with Crippen molar-refractivity contribution in [2.75, 3.05) is 14.1 Å². The van der Waals surface area contributed by atoms with Crippen molar-refractivity contribution in [3.63, 3.8) is 0 Å². The third-order valence-electron chi connectivity index (χ3n) is 5.37. The van der Waals surface area contributed by atoms with Crippen molar-refractivity contribution in [3.05, 3.63) is 71.2 Å². The van der Waals surface area contributed by atoms with Crippen LogP contribution in [0.3, 0.4) is 0 Å². The van der Waals surface area contributed by atoms with Gasteiger partial charge in [0.15, 0.2) is 5.82 Å². The van der Waals surface area contributed by atoms with Crippen molar-refractivity contribution < 1.29 is 26.4 Å². The molecule has 0 bridgehead atoms. The molecule has 0 aliphatic rings. The number of benzene rings is 2. The lowest BCUT2D eigenvalue weighted by Crippen LogP contribution is -2.23. The van der Waals surface area contributed by atoms with E-state index >= 15 is 0 Å². The van der Waals surface area contributed by atoms with E-state index in [-0.39, 0.29) is 28.4 Å². The van der Waals surface area contributed by atoms with Crippen molar-refractivity contribution in [3.8, 4) is 0 Å². The summed E-state index contributed by atoms with van der Waals surface area (Å²) in [5.41, 5.74) is 1.97. The molecule has 8 heteroatoms. The average Bonchev–Trinajstić information content (AvgIpc) is 3.30. The quantitative estimate of drug-likeness (QED) is 0.369. The zero-order chi connectivity index (χ0) is 23.4. The summed E-state index contributed by atoms with van der Waals surface area (Å²) in [5.74, 6) is -1.36. The van der Waals surface area contributed by atoms with Crippen LogP contribution in [0.1, 0.15) is 25.0 Å². The maximum atomic E-state index is 13.6. The molecular weight excluding hydrogens is 424 g/mol. The topological polar surface area (TPSA) is 50.3 Å². The van der Waals surface area contributed by atoms with E-state index in [2.05, 4.69) is 10.6 Å². The first-order chi connectivity index (χ1) is 15.2. The normalized spacial score (nSPS) is 13.2. The molecule has 2 N–H and O–H groups in total. The molecule has 2 aromatic heterocycles. The van der Waals surface area contributed by atoms with Crippen molar-refractivity contribution in [1.82, 2.24) is 10.6 Å². The predicted octanol–water partition coefficient (Wildman–Crippen LogP) is 5.72. The van der Waals surface area contributed by atoms with Gasteiger partial charge in [-0.1, -0.05) is 0 Å². The summed E-state index contributed by atoms with van der Waals surface area (Å²) in [4.78, 5) is 0. The second-order valence-corrected chi connectivity index (χ2v) is 7.85. The number of hydrogen-bond acceptors (Lipinski definition) is 4. The molecule has 4 nitrogen and oxygen atoms in total. The van der Waals surface area contributed by atoms with E-state index < -0.39 is 23.5 Å². The highest BCUT2D eigenvalue weighted by Crippen LogP contribution is 2.25. The summed E-state index contributed by atoms with van der Waals surface area (Å²) in [5, 5.41) is 6.47. The standard InChI is InChI=1S/2C12H13F2NO/c1-7(15-2)3-8-4-12-9(5-10(8)13)11(14)6-16-12;1-7(15-2)3-8-4-10(13)9-6-12(14)16-11(9)5-8/h2*4-7,15H,3H2,1-2H3. The minimum Gasteiger partial charge on any atom is -0.461 e. The molecule has 32 heavy (non-hydrogen) atoms. The Hall–Kier alpha value is -2.84. The summed E-state index contributed by atoms with van der Waals surface area (Å²) < 4.78 is 62.9. The van der Waals surface area contributed by atoms with Crippen LogP contribution in [0.25, 0.3) is 21.9 Å². The highest BCUT2D eigenvalue weighted by Gasteiger charge is 2.13. The van der Waals surface area contributed by atoms with Gasteiger partial charge in [0.05, 0.1) is 10.8 Å². The molecule has 2 atom stereocenters. The number of fused-ring (bicyclic) bond motifs is 2. The summed E-state index contributed by atoms with van der Waals surface area (Å²) in [6, 6.07) is 6.54. The van der Waals surface area contributed by atoms with Gasteiger partial charge in [0.25, 0.3) is 6.01 Å². The van der Waals surface area contributed by atoms with Gasteiger partial charge in [0, 0.05) is 18.2 Å². The van der Waals surface area contributed by atoms with E-state index in [0.29, 0.717) is 24.0 Å². The number of hydrogen-bond donors (Lipinski definition) is 2. The zero-order valence-corrected chi connectivity index (χ0v) is 18.4. The Morgan fingerprint density at radius 3 is 2.09 bits per heavy atom. The molecule has 2 heterocycles. The molecule has 2 unspecified atom stereocenters. The molecule has 0 fully saturated rings. The van der Waals surface area contributed by atoms with Crippen LogP contribution >= 0.6 is 0 Å². The van der Waals surface area contributed by atoms with Gasteiger partial charge in [-0.2, -0.15) is 4.39 Å². The summed E-state index contributed by atoms with van der Waals surface area (Å²) in [6.07, 6.45) is 2.21. The highest BCUT2D eigenvalue weighted by molar-refractivity contribution is 5.79. The molecule has 0 spiro atoms. The molecule has 0 aliphatic heterocycles. The van der Waals surface area contributed by atoms with Crippen LogP contribution in [0.4, 0.5) is 17.6 Å². The lowest BCUT2D eigenvalue weighted by atomic mass is 10.1. The molecule has 4 rings (SSSR count). The molecule has 0 saturated heterocycles. The van der Waals surface area contributed by atoms with Crippen LogP contribution in [0.15, 0.2) is 45.4 Å². The van der Waals surface area contributed by atoms with Gasteiger partial charge in [0.2, 0.25) is 0 Å². The smallest absolute Gasteiger partial charge is 0.278 e. The van der Waals surface area contributed by atoms with Crippen molar-refractivity contribution >= 4 is 21.9 Å². The summed E-state index contributed by atoms with van der Waals surface area (Å²) in [7, 11) is 3.65. The fourth-order valence-corrected chi connectivity index (χ4v) is 3.34. The molecule has 4 aromatic rings. The van der Waals surface area contributed by atoms with Gasteiger partial charge >= 0.3 is 0 Å². The minimum absolute atomic E-state index is 0.159. The van der Waals surface area contributed by atoms with E-state index in [1.54, 1.807) is 12.1 Å². The van der Waals surface area contributed by atoms with Crippen LogP contribution in [0.2, 0.25) is 0 Å². The Balaban J connectivity index is 0.000000181. The number of halogens is 4. The second-order valence-electron chi connectivity index (χ2n) is 7.85. The van der Waals surface area contributed by atoms with Crippen LogP contribution in [0.5, 0.6) is 0 Å². The summed E-state index contributed by atoms with van der Waals surface area (Å²) in [6.45, 7) is 3.94. The molecule has 2 aromatic carbocycles. The van der Waals surface area contributed by atoms with Crippen LogP contribution in [-0.4, -0.2) is 26.2 Å². The Labute approximate surface area is 183 Å². The van der Waals surface area contributed by atoms with Gasteiger partial charge in [-0.3, -0.25) is 0 Å². The zero-order valence-electron chi connectivity index (χ0n) is 18.4. The lowest BCUT2D eigenvalue weighted by Gasteiger charge is -2.10. The fraction of sp³-hybridized carbons (Fsp3) is 0.333. The van der Waals surface area contributed by atoms with Gasteiger partial charge in [-0.05, 0) is 76.2 Å².